The van der Waals surface area contributed by atoms with Crippen LogP contribution in [0.2, 0.25) is 0 Å². The lowest BCUT2D eigenvalue weighted by atomic mass is 10.1. The van der Waals surface area contributed by atoms with Crippen molar-refractivity contribution in [1.29, 1.82) is 0 Å². The lowest BCUT2D eigenvalue weighted by molar-refractivity contribution is 0.122. The fourth-order valence-corrected chi connectivity index (χ4v) is 4.86. The summed E-state index contributed by atoms with van der Waals surface area (Å²) in [5.74, 6) is 2.90. The van der Waals surface area contributed by atoms with E-state index in [0.29, 0.717) is 19.2 Å². The summed E-state index contributed by atoms with van der Waals surface area (Å²) in [6, 6.07) is 4.27. The lowest BCUT2D eigenvalue weighted by Gasteiger charge is -2.33. The Hall–Kier alpha value is -3.57. The van der Waals surface area contributed by atoms with E-state index in [1.165, 1.54) is 0 Å². The summed E-state index contributed by atoms with van der Waals surface area (Å²) in [6.07, 6.45) is 6.27. The first kappa shape index (κ1) is 21.9. The van der Waals surface area contributed by atoms with Crippen LogP contribution in [-0.2, 0) is 11.2 Å². The molecular weight excluding hydrogens is 444 g/mol. The Balaban J connectivity index is 1.35. The number of morpholine rings is 1. The third kappa shape index (κ3) is 4.32. The van der Waals surface area contributed by atoms with Crippen LogP contribution in [0.5, 0.6) is 0 Å². The van der Waals surface area contributed by atoms with Gasteiger partial charge in [0.05, 0.1) is 30.8 Å². The van der Waals surface area contributed by atoms with Crippen LogP contribution in [-0.4, -0.2) is 95.9 Å². The zero-order valence-corrected chi connectivity index (χ0v) is 20.0. The molecule has 3 aromatic heterocycles. The van der Waals surface area contributed by atoms with Crippen LogP contribution in [0, 0.1) is 0 Å². The van der Waals surface area contributed by atoms with Gasteiger partial charge in [0.1, 0.15) is 11.6 Å². The number of pyridine rings is 1. The summed E-state index contributed by atoms with van der Waals surface area (Å²) in [7, 11) is 2.16. The molecule has 0 spiro atoms. The minimum atomic E-state index is 0.251. The third-order valence-electron chi connectivity index (χ3n) is 6.92. The van der Waals surface area contributed by atoms with Crippen molar-refractivity contribution >= 4 is 29.2 Å². The lowest BCUT2D eigenvalue weighted by Crippen LogP contribution is -2.44. The van der Waals surface area contributed by atoms with E-state index in [1.807, 2.05) is 6.20 Å². The fourth-order valence-electron chi connectivity index (χ4n) is 4.86. The predicted octanol–water partition coefficient (Wildman–Crippen LogP) is 1.19. The standard InChI is InChI=1S/C24H30N10O/c1-31-6-8-32(9-7-31)20-3-2-18(16-26-20)34-5-4-19-21(17-14-27-23(25)28-15-17)29-24(30-22(19)34)33-10-12-35-13-11-33/h2-3,14-16H,4-13H2,1H3,(H2,25,27,28). The number of nitrogens with two attached hydrogens (primary N) is 1. The van der Waals surface area contributed by atoms with Gasteiger partial charge in [0.25, 0.3) is 0 Å². The minimum Gasteiger partial charge on any atom is -0.378 e. The molecule has 3 aliphatic heterocycles. The Bertz CT molecular complexity index is 1170. The highest BCUT2D eigenvalue weighted by molar-refractivity contribution is 5.76. The van der Waals surface area contributed by atoms with Crippen LogP contribution in [0.1, 0.15) is 5.56 Å². The quantitative estimate of drug-likeness (QED) is 0.588. The normalized spacial score (nSPS) is 18.7. The average Bonchev–Trinajstić information content (AvgIpc) is 3.34. The maximum absolute atomic E-state index is 5.74. The number of fused-ring (bicyclic) bond motifs is 1. The zero-order valence-electron chi connectivity index (χ0n) is 20.0. The first-order valence-corrected chi connectivity index (χ1v) is 12.1. The van der Waals surface area contributed by atoms with Crippen molar-refractivity contribution in [1.82, 2.24) is 29.8 Å². The Labute approximate surface area is 204 Å². The van der Waals surface area contributed by atoms with E-state index in [9.17, 15) is 0 Å². The molecule has 11 nitrogen and oxygen atoms in total. The van der Waals surface area contributed by atoms with Gasteiger partial charge in [-0.2, -0.15) is 4.98 Å². The van der Waals surface area contributed by atoms with E-state index in [0.717, 1.165) is 86.4 Å². The van der Waals surface area contributed by atoms with Crippen LogP contribution in [0.4, 0.5) is 29.2 Å². The first-order chi connectivity index (χ1) is 17.2. The van der Waals surface area contributed by atoms with Crippen molar-refractivity contribution in [2.45, 2.75) is 6.42 Å². The number of nitrogens with zero attached hydrogens (tertiary/aromatic N) is 9. The summed E-state index contributed by atoms with van der Waals surface area (Å²) in [4.78, 5) is 32.3. The molecule has 2 fully saturated rings. The SMILES string of the molecule is CN1CCN(c2ccc(N3CCc4c(-c5cnc(N)nc5)nc(N5CCOCC5)nc43)cn2)CC1. The number of anilines is 5. The molecular formula is C24H30N10O. The number of nitrogen functional groups attached to an aromatic ring is 1. The van der Waals surface area contributed by atoms with Crippen molar-refractivity contribution in [3.8, 4) is 11.3 Å². The molecule has 6 heterocycles. The van der Waals surface area contributed by atoms with E-state index < -0.39 is 0 Å². The number of aromatic nitrogens is 5. The molecule has 0 radical (unpaired) electrons. The number of hydrogen-bond donors (Lipinski definition) is 1. The second kappa shape index (κ2) is 9.23. The Morgan fingerprint density at radius 1 is 0.829 bits per heavy atom. The summed E-state index contributed by atoms with van der Waals surface area (Å²) >= 11 is 0. The topological polar surface area (TPSA) is 113 Å². The summed E-state index contributed by atoms with van der Waals surface area (Å²) < 4.78 is 5.54. The molecule has 0 atom stereocenters. The maximum atomic E-state index is 5.74. The smallest absolute Gasteiger partial charge is 0.228 e. The largest absolute Gasteiger partial charge is 0.378 e. The molecule has 3 aliphatic rings. The average molecular weight is 475 g/mol. The van der Waals surface area contributed by atoms with Gasteiger partial charge in [-0.25, -0.2) is 19.9 Å². The highest BCUT2D eigenvalue weighted by Gasteiger charge is 2.29. The van der Waals surface area contributed by atoms with Gasteiger partial charge in [-0.05, 0) is 25.6 Å². The fraction of sp³-hybridized carbons (Fsp3) is 0.458. The van der Waals surface area contributed by atoms with Crippen LogP contribution in [0.15, 0.2) is 30.7 Å². The van der Waals surface area contributed by atoms with Gasteiger partial charge < -0.3 is 30.1 Å². The molecule has 0 saturated carbocycles. The van der Waals surface area contributed by atoms with Crippen molar-refractivity contribution in [3.05, 3.63) is 36.3 Å². The van der Waals surface area contributed by atoms with Gasteiger partial charge >= 0.3 is 0 Å². The molecule has 2 saturated heterocycles. The molecule has 35 heavy (non-hydrogen) atoms. The molecule has 0 amide bonds. The number of likely N-dealkylation sites (N-methyl/N-ethyl adjacent to an activating group) is 1. The maximum Gasteiger partial charge on any atom is 0.228 e. The Kier molecular flexibility index (Phi) is 5.78. The molecule has 0 unspecified atom stereocenters. The monoisotopic (exact) mass is 474 g/mol. The van der Waals surface area contributed by atoms with Crippen LogP contribution >= 0.6 is 0 Å². The van der Waals surface area contributed by atoms with Gasteiger partial charge in [-0.15, -0.1) is 0 Å². The molecule has 0 aliphatic carbocycles. The molecule has 3 aromatic rings. The van der Waals surface area contributed by atoms with Crippen molar-refractivity contribution < 1.29 is 4.74 Å². The third-order valence-corrected chi connectivity index (χ3v) is 6.92. The van der Waals surface area contributed by atoms with Gasteiger partial charge in [0.2, 0.25) is 11.9 Å². The van der Waals surface area contributed by atoms with E-state index in [-0.39, 0.29) is 5.95 Å². The van der Waals surface area contributed by atoms with E-state index in [2.05, 4.69) is 48.7 Å². The highest BCUT2D eigenvalue weighted by atomic mass is 16.5. The molecule has 0 aromatic carbocycles. The Morgan fingerprint density at radius 2 is 1.60 bits per heavy atom. The van der Waals surface area contributed by atoms with Gasteiger partial charge in [-0.1, -0.05) is 0 Å². The predicted molar refractivity (Wildman–Crippen MR) is 135 cm³/mol. The minimum absolute atomic E-state index is 0.251. The molecule has 6 rings (SSSR count). The first-order valence-electron chi connectivity index (χ1n) is 12.1. The number of hydrogen-bond acceptors (Lipinski definition) is 11. The molecule has 0 bridgehead atoms. The molecule has 182 valence electrons. The second-order valence-electron chi connectivity index (χ2n) is 9.17. The van der Waals surface area contributed by atoms with Crippen molar-refractivity contribution in [2.75, 3.05) is 86.5 Å². The van der Waals surface area contributed by atoms with Crippen molar-refractivity contribution in [2.24, 2.45) is 0 Å². The van der Waals surface area contributed by atoms with Crippen LogP contribution in [0.3, 0.4) is 0 Å². The van der Waals surface area contributed by atoms with Crippen molar-refractivity contribution in [3.63, 3.8) is 0 Å². The van der Waals surface area contributed by atoms with Gasteiger partial charge in [0, 0.05) is 69.3 Å². The van der Waals surface area contributed by atoms with E-state index in [1.54, 1.807) is 12.4 Å². The summed E-state index contributed by atoms with van der Waals surface area (Å²) in [5.41, 5.74) is 9.58. The number of rotatable bonds is 4. The van der Waals surface area contributed by atoms with E-state index >= 15 is 0 Å². The Morgan fingerprint density at radius 3 is 2.31 bits per heavy atom. The second-order valence-corrected chi connectivity index (χ2v) is 9.17. The number of ether oxygens (including phenoxy) is 1. The number of piperazine rings is 1. The van der Waals surface area contributed by atoms with Gasteiger partial charge in [0.15, 0.2) is 0 Å². The highest BCUT2D eigenvalue weighted by Crippen LogP contribution is 2.39. The van der Waals surface area contributed by atoms with Crippen LogP contribution < -0.4 is 20.4 Å². The molecule has 11 heteroatoms. The summed E-state index contributed by atoms with van der Waals surface area (Å²) in [6.45, 7) is 7.79. The van der Waals surface area contributed by atoms with E-state index in [4.69, 9.17) is 25.4 Å². The zero-order chi connectivity index (χ0) is 23.8. The van der Waals surface area contributed by atoms with Crippen LogP contribution in [0.25, 0.3) is 11.3 Å². The molecule has 2 N–H and O–H groups in total. The van der Waals surface area contributed by atoms with Gasteiger partial charge in [-0.3, -0.25) is 0 Å². The summed E-state index contributed by atoms with van der Waals surface area (Å²) in [5, 5.41) is 0.